The number of sulfonamides is 1. The number of carbonyl (C=O) groups is 2. The number of ether oxygens (including phenoxy) is 1. The van der Waals surface area contributed by atoms with Gasteiger partial charge >= 0.3 is 5.97 Å². The minimum atomic E-state index is -4.24. The van der Waals surface area contributed by atoms with E-state index in [1.165, 1.54) is 26.0 Å². The SMILES string of the molecule is C[C@H](NS(=O)(=O)c1ccccc1F)C(=O)O[C@@H](C)C(=O)NC1CCCCCC1. The van der Waals surface area contributed by atoms with Gasteiger partial charge < -0.3 is 10.1 Å². The second kappa shape index (κ2) is 9.97. The van der Waals surface area contributed by atoms with Gasteiger partial charge in [-0.3, -0.25) is 9.59 Å². The Bertz CT molecular complexity index is 791. The summed E-state index contributed by atoms with van der Waals surface area (Å²) >= 11 is 0. The van der Waals surface area contributed by atoms with Crippen molar-refractivity contribution in [2.45, 2.75) is 75.5 Å². The van der Waals surface area contributed by atoms with Gasteiger partial charge in [0.2, 0.25) is 10.0 Å². The van der Waals surface area contributed by atoms with Crippen molar-refractivity contribution in [3.8, 4) is 0 Å². The summed E-state index contributed by atoms with van der Waals surface area (Å²) in [6.45, 7) is 2.71. The van der Waals surface area contributed by atoms with Crippen LogP contribution in [0.3, 0.4) is 0 Å². The van der Waals surface area contributed by atoms with Crippen LogP contribution >= 0.6 is 0 Å². The molecule has 1 aliphatic rings. The first-order chi connectivity index (χ1) is 13.2. The molecule has 0 radical (unpaired) electrons. The van der Waals surface area contributed by atoms with E-state index in [9.17, 15) is 22.4 Å². The molecule has 28 heavy (non-hydrogen) atoms. The van der Waals surface area contributed by atoms with Crippen LogP contribution in [0.4, 0.5) is 4.39 Å². The summed E-state index contributed by atoms with van der Waals surface area (Å²) in [7, 11) is -4.24. The highest BCUT2D eigenvalue weighted by Gasteiger charge is 2.28. The van der Waals surface area contributed by atoms with Crippen molar-refractivity contribution >= 4 is 21.9 Å². The summed E-state index contributed by atoms with van der Waals surface area (Å²) in [5.74, 6) is -2.25. The average Bonchev–Trinajstić information content (AvgIpc) is 2.90. The Hall–Kier alpha value is -2.00. The summed E-state index contributed by atoms with van der Waals surface area (Å²) in [6, 6.07) is 3.63. The molecule has 1 aromatic carbocycles. The maximum Gasteiger partial charge on any atom is 0.324 e. The molecule has 2 rings (SSSR count). The van der Waals surface area contributed by atoms with Crippen LogP contribution in [0.1, 0.15) is 52.4 Å². The number of hydrogen-bond donors (Lipinski definition) is 2. The molecule has 1 saturated carbocycles. The monoisotopic (exact) mass is 414 g/mol. The number of hydrogen-bond acceptors (Lipinski definition) is 5. The lowest BCUT2D eigenvalue weighted by molar-refractivity contribution is -0.156. The number of nitrogens with one attached hydrogen (secondary N) is 2. The molecule has 2 N–H and O–H groups in total. The lowest BCUT2D eigenvalue weighted by atomic mass is 10.1. The average molecular weight is 414 g/mol. The largest absolute Gasteiger partial charge is 0.451 e. The first kappa shape index (κ1) is 22.3. The van der Waals surface area contributed by atoms with Crippen LogP contribution < -0.4 is 10.0 Å². The Morgan fingerprint density at radius 3 is 2.32 bits per heavy atom. The van der Waals surface area contributed by atoms with Gasteiger partial charge in [0, 0.05) is 6.04 Å². The second-order valence-corrected chi connectivity index (χ2v) is 8.73. The highest BCUT2D eigenvalue weighted by molar-refractivity contribution is 7.89. The van der Waals surface area contributed by atoms with E-state index < -0.39 is 44.8 Å². The van der Waals surface area contributed by atoms with E-state index in [2.05, 4.69) is 10.0 Å². The predicted octanol–water partition coefficient (Wildman–Crippen LogP) is 2.26. The van der Waals surface area contributed by atoms with Gasteiger partial charge in [-0.2, -0.15) is 4.72 Å². The fraction of sp³-hybridized carbons (Fsp3) is 0.579. The smallest absolute Gasteiger partial charge is 0.324 e. The fourth-order valence-electron chi connectivity index (χ4n) is 3.08. The van der Waals surface area contributed by atoms with Gasteiger partial charge in [-0.15, -0.1) is 0 Å². The fourth-order valence-corrected chi connectivity index (χ4v) is 4.35. The first-order valence-corrected chi connectivity index (χ1v) is 11.0. The molecule has 0 saturated heterocycles. The van der Waals surface area contributed by atoms with Crippen molar-refractivity contribution in [2.24, 2.45) is 0 Å². The van der Waals surface area contributed by atoms with Gasteiger partial charge in [-0.1, -0.05) is 37.8 Å². The molecule has 156 valence electrons. The third kappa shape index (κ3) is 6.27. The van der Waals surface area contributed by atoms with Gasteiger partial charge in [-0.05, 0) is 38.8 Å². The van der Waals surface area contributed by atoms with Crippen molar-refractivity contribution < 1.29 is 27.1 Å². The van der Waals surface area contributed by atoms with Gasteiger partial charge in [0.25, 0.3) is 5.91 Å². The Labute approximate surface area is 165 Å². The molecule has 0 heterocycles. The van der Waals surface area contributed by atoms with E-state index in [1.54, 1.807) is 0 Å². The molecule has 1 fully saturated rings. The molecule has 7 nitrogen and oxygen atoms in total. The summed E-state index contributed by atoms with van der Waals surface area (Å²) in [4.78, 5) is 23.9. The molecular formula is C19H27FN2O5S. The highest BCUT2D eigenvalue weighted by atomic mass is 32.2. The van der Waals surface area contributed by atoms with E-state index in [0.717, 1.165) is 50.7 Å². The lowest BCUT2D eigenvalue weighted by Crippen LogP contribution is -2.45. The molecule has 0 spiro atoms. The van der Waals surface area contributed by atoms with E-state index in [-0.39, 0.29) is 6.04 Å². The minimum Gasteiger partial charge on any atom is -0.451 e. The van der Waals surface area contributed by atoms with Crippen LogP contribution in [0, 0.1) is 5.82 Å². The maximum atomic E-state index is 13.7. The molecule has 1 amide bonds. The number of esters is 1. The van der Waals surface area contributed by atoms with Crippen LogP contribution in [-0.4, -0.2) is 38.5 Å². The number of rotatable bonds is 7. The van der Waals surface area contributed by atoms with E-state index >= 15 is 0 Å². The Morgan fingerprint density at radius 2 is 1.71 bits per heavy atom. The zero-order valence-corrected chi connectivity index (χ0v) is 16.9. The van der Waals surface area contributed by atoms with Crippen LogP contribution in [0.15, 0.2) is 29.2 Å². The third-order valence-electron chi connectivity index (χ3n) is 4.68. The molecule has 0 aromatic heterocycles. The van der Waals surface area contributed by atoms with Crippen molar-refractivity contribution in [1.29, 1.82) is 0 Å². The van der Waals surface area contributed by atoms with Gasteiger partial charge in [0.15, 0.2) is 6.10 Å². The zero-order valence-electron chi connectivity index (χ0n) is 16.1. The summed E-state index contributed by atoms with van der Waals surface area (Å²) < 4.78 is 45.4. The lowest BCUT2D eigenvalue weighted by Gasteiger charge is -2.21. The minimum absolute atomic E-state index is 0.0631. The molecule has 0 unspecified atom stereocenters. The van der Waals surface area contributed by atoms with Crippen LogP contribution in [0.5, 0.6) is 0 Å². The topological polar surface area (TPSA) is 102 Å². The Morgan fingerprint density at radius 1 is 1.11 bits per heavy atom. The molecule has 0 aliphatic heterocycles. The Kier molecular flexibility index (Phi) is 7.94. The number of amides is 1. The molecule has 1 aliphatic carbocycles. The normalized spacial score (nSPS) is 18.0. The number of benzene rings is 1. The van der Waals surface area contributed by atoms with Crippen LogP contribution in [0.25, 0.3) is 0 Å². The van der Waals surface area contributed by atoms with E-state index in [4.69, 9.17) is 4.74 Å². The zero-order chi connectivity index (χ0) is 20.7. The van der Waals surface area contributed by atoms with Crippen LogP contribution in [-0.2, 0) is 24.3 Å². The number of carbonyl (C=O) groups excluding carboxylic acids is 2. The van der Waals surface area contributed by atoms with Crippen LogP contribution in [0.2, 0.25) is 0 Å². The van der Waals surface area contributed by atoms with Gasteiger partial charge in [-0.25, -0.2) is 12.8 Å². The second-order valence-electron chi connectivity index (χ2n) is 7.05. The van der Waals surface area contributed by atoms with Crippen molar-refractivity contribution in [2.75, 3.05) is 0 Å². The van der Waals surface area contributed by atoms with Crippen molar-refractivity contribution in [1.82, 2.24) is 10.0 Å². The number of halogens is 1. The molecule has 0 bridgehead atoms. The Balaban J connectivity index is 1.90. The van der Waals surface area contributed by atoms with Gasteiger partial charge in [0.05, 0.1) is 0 Å². The van der Waals surface area contributed by atoms with E-state index in [1.807, 2.05) is 0 Å². The quantitative estimate of drug-likeness (QED) is 0.526. The predicted molar refractivity (Wildman–Crippen MR) is 101 cm³/mol. The highest BCUT2D eigenvalue weighted by Crippen LogP contribution is 2.17. The summed E-state index contributed by atoms with van der Waals surface area (Å²) in [6.07, 6.45) is 5.13. The standard InChI is InChI=1S/C19H27FN2O5S/c1-13(22-28(25,26)17-12-8-7-11-16(17)20)19(24)27-14(2)18(23)21-15-9-5-3-4-6-10-15/h7-8,11-15,22H,3-6,9-10H2,1-2H3,(H,21,23)/t13-,14-/m0/s1. The molecule has 9 heteroatoms. The summed E-state index contributed by atoms with van der Waals surface area (Å²) in [5.41, 5.74) is 0. The van der Waals surface area contributed by atoms with Crippen molar-refractivity contribution in [3.63, 3.8) is 0 Å². The molecular weight excluding hydrogens is 387 g/mol. The molecule has 1 aromatic rings. The maximum absolute atomic E-state index is 13.7. The van der Waals surface area contributed by atoms with E-state index in [0.29, 0.717) is 0 Å². The summed E-state index contributed by atoms with van der Waals surface area (Å²) in [5, 5.41) is 2.88. The van der Waals surface area contributed by atoms with Crippen molar-refractivity contribution in [3.05, 3.63) is 30.1 Å². The third-order valence-corrected chi connectivity index (χ3v) is 6.25. The first-order valence-electron chi connectivity index (χ1n) is 9.48. The van der Waals surface area contributed by atoms with Gasteiger partial charge in [0.1, 0.15) is 16.8 Å². The molecule has 2 atom stereocenters.